The summed E-state index contributed by atoms with van der Waals surface area (Å²) >= 11 is 5.90. The Morgan fingerprint density at radius 1 is 1.15 bits per heavy atom. The van der Waals surface area contributed by atoms with Gasteiger partial charge in [-0.3, -0.25) is 9.52 Å². The molecule has 0 atom stereocenters. The third kappa shape index (κ3) is 3.44. The lowest BCUT2D eigenvalue weighted by Crippen LogP contribution is -2.36. The summed E-state index contributed by atoms with van der Waals surface area (Å²) < 4.78 is 27.7. The van der Waals surface area contributed by atoms with Crippen molar-refractivity contribution >= 4 is 38.9 Å². The van der Waals surface area contributed by atoms with E-state index in [1.54, 1.807) is 18.2 Å². The summed E-state index contributed by atoms with van der Waals surface area (Å²) in [7, 11) is -3.71. The molecule has 1 amide bonds. The predicted octanol–water partition coefficient (Wildman–Crippen LogP) is 3.83. The SMILES string of the molecule is O=C(C1CC1)N1CCCc2cc(NS(=O)(=O)c3cccc(Cl)c3)ccc21. The number of fused-ring (bicyclic) bond motifs is 1. The molecule has 1 aliphatic carbocycles. The van der Waals surface area contributed by atoms with Crippen molar-refractivity contribution in [3.63, 3.8) is 0 Å². The number of halogens is 1. The number of nitrogens with zero attached hydrogens (tertiary/aromatic N) is 1. The second-order valence-corrected chi connectivity index (χ2v) is 8.89. The van der Waals surface area contributed by atoms with Gasteiger partial charge in [0.1, 0.15) is 0 Å². The molecule has 0 bridgehead atoms. The number of sulfonamides is 1. The quantitative estimate of drug-likeness (QED) is 0.862. The van der Waals surface area contributed by atoms with E-state index in [-0.39, 0.29) is 16.7 Å². The highest BCUT2D eigenvalue weighted by atomic mass is 35.5. The Morgan fingerprint density at radius 3 is 2.69 bits per heavy atom. The van der Waals surface area contributed by atoms with Crippen molar-refractivity contribution in [2.75, 3.05) is 16.2 Å². The van der Waals surface area contributed by atoms with Gasteiger partial charge < -0.3 is 4.90 Å². The van der Waals surface area contributed by atoms with E-state index in [4.69, 9.17) is 11.6 Å². The van der Waals surface area contributed by atoms with E-state index in [9.17, 15) is 13.2 Å². The largest absolute Gasteiger partial charge is 0.312 e. The lowest BCUT2D eigenvalue weighted by molar-refractivity contribution is -0.119. The fourth-order valence-corrected chi connectivity index (χ4v) is 4.64. The first-order chi connectivity index (χ1) is 12.4. The summed E-state index contributed by atoms with van der Waals surface area (Å²) in [6.45, 7) is 0.732. The van der Waals surface area contributed by atoms with E-state index < -0.39 is 10.0 Å². The van der Waals surface area contributed by atoms with Crippen LogP contribution >= 0.6 is 11.6 Å². The number of rotatable bonds is 4. The molecular weight excluding hydrogens is 372 g/mol. The first kappa shape index (κ1) is 17.4. The molecule has 1 heterocycles. The maximum atomic E-state index is 12.6. The summed E-state index contributed by atoms with van der Waals surface area (Å²) in [5.41, 5.74) is 2.39. The second kappa shape index (κ2) is 6.59. The molecule has 0 radical (unpaired) electrons. The summed E-state index contributed by atoms with van der Waals surface area (Å²) in [4.78, 5) is 14.4. The molecule has 0 unspecified atom stereocenters. The summed E-state index contributed by atoms with van der Waals surface area (Å²) in [5.74, 6) is 0.361. The van der Waals surface area contributed by atoms with E-state index in [0.29, 0.717) is 10.7 Å². The van der Waals surface area contributed by atoms with Gasteiger partial charge in [0.15, 0.2) is 0 Å². The van der Waals surface area contributed by atoms with E-state index >= 15 is 0 Å². The van der Waals surface area contributed by atoms with Gasteiger partial charge in [-0.1, -0.05) is 17.7 Å². The van der Waals surface area contributed by atoms with Crippen LogP contribution in [0.4, 0.5) is 11.4 Å². The highest BCUT2D eigenvalue weighted by Gasteiger charge is 2.35. The van der Waals surface area contributed by atoms with Crippen LogP contribution in [0.1, 0.15) is 24.8 Å². The molecule has 2 aromatic carbocycles. The van der Waals surface area contributed by atoms with Gasteiger partial charge in [-0.15, -0.1) is 0 Å². The minimum absolute atomic E-state index is 0.119. The van der Waals surface area contributed by atoms with Crippen molar-refractivity contribution in [2.45, 2.75) is 30.6 Å². The van der Waals surface area contributed by atoms with Crippen molar-refractivity contribution < 1.29 is 13.2 Å². The smallest absolute Gasteiger partial charge is 0.261 e. The van der Waals surface area contributed by atoms with Gasteiger partial charge >= 0.3 is 0 Å². The molecule has 0 spiro atoms. The molecule has 0 saturated heterocycles. The van der Waals surface area contributed by atoms with Gasteiger partial charge in [-0.2, -0.15) is 0 Å². The average Bonchev–Trinajstić information content (AvgIpc) is 3.45. The van der Waals surface area contributed by atoms with Crippen LogP contribution in [0.3, 0.4) is 0 Å². The summed E-state index contributed by atoms with van der Waals surface area (Å²) in [6.07, 6.45) is 3.66. The Kier molecular flexibility index (Phi) is 4.40. The van der Waals surface area contributed by atoms with E-state index in [1.165, 1.54) is 12.1 Å². The molecular formula is C19H19ClN2O3S. The van der Waals surface area contributed by atoms with Crippen LogP contribution in [0.25, 0.3) is 0 Å². The number of anilines is 2. The fourth-order valence-electron chi connectivity index (χ4n) is 3.29. The van der Waals surface area contributed by atoms with Gasteiger partial charge in [-0.25, -0.2) is 8.42 Å². The number of amides is 1. The highest BCUT2D eigenvalue weighted by Crippen LogP contribution is 2.36. The molecule has 1 saturated carbocycles. The number of aryl methyl sites for hydroxylation is 1. The molecule has 26 heavy (non-hydrogen) atoms. The van der Waals surface area contributed by atoms with Crippen LogP contribution in [0.5, 0.6) is 0 Å². The molecule has 1 fully saturated rings. The third-order valence-corrected chi connectivity index (χ3v) is 6.36. The minimum Gasteiger partial charge on any atom is -0.312 e. The van der Waals surface area contributed by atoms with Crippen molar-refractivity contribution in [1.29, 1.82) is 0 Å². The number of hydrogen-bond acceptors (Lipinski definition) is 3. The van der Waals surface area contributed by atoms with E-state index in [0.717, 1.165) is 43.5 Å². The molecule has 2 aromatic rings. The number of hydrogen-bond donors (Lipinski definition) is 1. The van der Waals surface area contributed by atoms with Crippen molar-refractivity contribution in [2.24, 2.45) is 5.92 Å². The lowest BCUT2D eigenvalue weighted by atomic mass is 10.0. The van der Waals surface area contributed by atoms with Crippen LogP contribution in [-0.2, 0) is 21.2 Å². The number of carbonyl (C=O) groups excluding carboxylic acids is 1. The monoisotopic (exact) mass is 390 g/mol. The fraction of sp³-hybridized carbons (Fsp3) is 0.316. The maximum absolute atomic E-state index is 12.6. The molecule has 0 aromatic heterocycles. The third-order valence-electron chi connectivity index (χ3n) is 4.75. The molecule has 5 nitrogen and oxygen atoms in total. The Bertz CT molecular complexity index is 970. The molecule has 2 aliphatic rings. The van der Waals surface area contributed by atoms with E-state index in [1.807, 2.05) is 17.0 Å². The standard InChI is InChI=1S/C19H19ClN2O3S/c20-15-4-1-5-17(12-15)26(24,25)21-16-8-9-18-14(11-16)3-2-10-22(18)19(23)13-6-7-13/h1,4-5,8-9,11-13,21H,2-3,6-7,10H2. The Labute approximate surface area is 158 Å². The number of carbonyl (C=O) groups is 1. The van der Waals surface area contributed by atoms with Crippen molar-refractivity contribution in [3.05, 3.63) is 53.1 Å². The zero-order valence-corrected chi connectivity index (χ0v) is 15.7. The van der Waals surface area contributed by atoms with Crippen LogP contribution in [0.2, 0.25) is 5.02 Å². The van der Waals surface area contributed by atoms with Gasteiger partial charge in [0.25, 0.3) is 10.0 Å². The Morgan fingerprint density at radius 2 is 1.96 bits per heavy atom. The zero-order chi connectivity index (χ0) is 18.3. The van der Waals surface area contributed by atoms with Crippen molar-refractivity contribution in [3.8, 4) is 0 Å². The first-order valence-electron chi connectivity index (χ1n) is 8.67. The van der Waals surface area contributed by atoms with Gasteiger partial charge in [0.2, 0.25) is 5.91 Å². The average molecular weight is 391 g/mol. The summed E-state index contributed by atoms with van der Waals surface area (Å²) in [5, 5.41) is 0.368. The van der Waals surface area contributed by atoms with Crippen LogP contribution < -0.4 is 9.62 Å². The van der Waals surface area contributed by atoms with Crippen molar-refractivity contribution in [1.82, 2.24) is 0 Å². The Balaban J connectivity index is 1.60. The topological polar surface area (TPSA) is 66.5 Å². The zero-order valence-electron chi connectivity index (χ0n) is 14.1. The van der Waals surface area contributed by atoms with Crippen LogP contribution in [0.15, 0.2) is 47.4 Å². The molecule has 1 N–H and O–H groups in total. The maximum Gasteiger partial charge on any atom is 0.261 e. The normalized spacial score (nSPS) is 16.9. The predicted molar refractivity (Wildman–Crippen MR) is 102 cm³/mol. The lowest BCUT2D eigenvalue weighted by Gasteiger charge is -2.30. The van der Waals surface area contributed by atoms with Gasteiger partial charge in [0.05, 0.1) is 4.90 Å². The van der Waals surface area contributed by atoms with Gasteiger partial charge in [-0.05, 0) is 67.6 Å². The highest BCUT2D eigenvalue weighted by molar-refractivity contribution is 7.92. The Hall–Kier alpha value is -2.05. The van der Waals surface area contributed by atoms with E-state index in [2.05, 4.69) is 4.72 Å². The molecule has 136 valence electrons. The molecule has 4 rings (SSSR count). The van der Waals surface area contributed by atoms with Crippen LogP contribution in [0, 0.1) is 5.92 Å². The molecule has 1 aliphatic heterocycles. The number of nitrogens with one attached hydrogen (secondary N) is 1. The van der Waals surface area contributed by atoms with Crippen LogP contribution in [-0.4, -0.2) is 20.9 Å². The first-order valence-corrected chi connectivity index (χ1v) is 10.5. The minimum atomic E-state index is -3.71. The number of benzene rings is 2. The van der Waals surface area contributed by atoms with Gasteiger partial charge in [0, 0.05) is 28.9 Å². The second-order valence-electron chi connectivity index (χ2n) is 6.77. The summed E-state index contributed by atoms with van der Waals surface area (Å²) in [6, 6.07) is 11.5. The molecule has 7 heteroatoms.